The Morgan fingerprint density at radius 3 is 2.67 bits per heavy atom. The van der Waals surface area contributed by atoms with Gasteiger partial charge in [0.15, 0.2) is 0 Å². The summed E-state index contributed by atoms with van der Waals surface area (Å²) in [5.41, 5.74) is 1.11. The summed E-state index contributed by atoms with van der Waals surface area (Å²) in [6.45, 7) is 2.89. The van der Waals surface area contributed by atoms with E-state index in [1.54, 1.807) is 11.3 Å². The van der Waals surface area contributed by atoms with Gasteiger partial charge in [0.1, 0.15) is 0 Å². The van der Waals surface area contributed by atoms with E-state index in [-0.39, 0.29) is 12.5 Å². The molecule has 1 nitrogen and oxygen atoms in total. The van der Waals surface area contributed by atoms with Crippen molar-refractivity contribution in [2.75, 3.05) is 6.54 Å². The van der Waals surface area contributed by atoms with Crippen molar-refractivity contribution in [3.8, 4) is 0 Å². The zero-order chi connectivity index (χ0) is 13.6. The average Bonchev–Trinajstić information content (AvgIpc) is 2.68. The molecule has 0 amide bonds. The number of nitrogens with one attached hydrogen (secondary N) is 1. The Hall–Kier alpha value is 0.180. The SMILES string of the molecule is CCCNC(CCCC(F)(F)F)c1csc(I)c1. The maximum atomic E-state index is 12.1. The lowest BCUT2D eigenvalue weighted by atomic mass is 10.0. The van der Waals surface area contributed by atoms with E-state index >= 15 is 0 Å². The zero-order valence-electron chi connectivity index (χ0n) is 10.2. The van der Waals surface area contributed by atoms with Gasteiger partial charge in [0.05, 0.1) is 2.88 Å². The summed E-state index contributed by atoms with van der Waals surface area (Å²) in [6, 6.07) is 2.10. The van der Waals surface area contributed by atoms with E-state index in [9.17, 15) is 13.2 Å². The predicted octanol–water partition coefficient (Wildman–Crippen LogP) is 5.13. The van der Waals surface area contributed by atoms with Gasteiger partial charge in [-0.1, -0.05) is 6.92 Å². The van der Waals surface area contributed by atoms with Crippen LogP contribution in [0.1, 0.15) is 44.2 Å². The molecule has 0 saturated carbocycles. The molecule has 1 aromatic rings. The van der Waals surface area contributed by atoms with Crippen molar-refractivity contribution in [1.29, 1.82) is 0 Å². The fourth-order valence-electron chi connectivity index (χ4n) is 1.72. The smallest absolute Gasteiger partial charge is 0.310 e. The number of alkyl halides is 3. The van der Waals surface area contributed by atoms with Crippen molar-refractivity contribution in [3.05, 3.63) is 19.9 Å². The normalized spacial score (nSPS) is 13.8. The first-order valence-corrected chi connectivity index (χ1v) is 7.92. The molecule has 1 unspecified atom stereocenters. The van der Waals surface area contributed by atoms with Gasteiger partial charge in [0.25, 0.3) is 0 Å². The lowest BCUT2D eigenvalue weighted by Gasteiger charge is -2.18. The molecule has 6 heteroatoms. The fraction of sp³-hybridized carbons (Fsp3) is 0.667. The van der Waals surface area contributed by atoms with Crippen LogP contribution in [0.5, 0.6) is 0 Å². The maximum absolute atomic E-state index is 12.1. The second kappa shape index (κ2) is 7.69. The Bertz CT molecular complexity index is 351. The van der Waals surface area contributed by atoms with Gasteiger partial charge in [-0.2, -0.15) is 13.2 Å². The van der Waals surface area contributed by atoms with E-state index in [0.717, 1.165) is 18.5 Å². The lowest BCUT2D eigenvalue weighted by molar-refractivity contribution is -0.135. The number of hydrogen-bond acceptors (Lipinski definition) is 2. The summed E-state index contributed by atoms with van der Waals surface area (Å²) in [5.74, 6) is 0. The first kappa shape index (κ1) is 16.2. The van der Waals surface area contributed by atoms with Gasteiger partial charge in [-0.15, -0.1) is 11.3 Å². The van der Waals surface area contributed by atoms with Crippen LogP contribution in [0.3, 0.4) is 0 Å². The molecular weight excluding hydrogens is 374 g/mol. The minimum Gasteiger partial charge on any atom is -0.310 e. The quantitative estimate of drug-likeness (QED) is 0.636. The fourth-order valence-corrected chi connectivity index (χ4v) is 3.14. The lowest BCUT2D eigenvalue weighted by Crippen LogP contribution is -2.22. The maximum Gasteiger partial charge on any atom is 0.389 e. The zero-order valence-corrected chi connectivity index (χ0v) is 13.2. The number of halogens is 4. The first-order valence-electron chi connectivity index (χ1n) is 5.96. The van der Waals surface area contributed by atoms with Crippen molar-refractivity contribution in [2.45, 2.75) is 44.8 Å². The Morgan fingerprint density at radius 2 is 2.17 bits per heavy atom. The topological polar surface area (TPSA) is 12.0 Å². The number of rotatable bonds is 7. The molecule has 1 rings (SSSR count). The third-order valence-electron chi connectivity index (χ3n) is 2.58. The summed E-state index contributed by atoms with van der Waals surface area (Å²) in [4.78, 5) is 0. The third-order valence-corrected chi connectivity index (χ3v) is 4.39. The van der Waals surface area contributed by atoms with E-state index in [2.05, 4.69) is 34.8 Å². The van der Waals surface area contributed by atoms with Crippen molar-refractivity contribution >= 4 is 33.9 Å². The molecule has 0 bridgehead atoms. The highest BCUT2D eigenvalue weighted by molar-refractivity contribution is 14.1. The molecule has 104 valence electrons. The van der Waals surface area contributed by atoms with Crippen molar-refractivity contribution in [3.63, 3.8) is 0 Å². The molecule has 0 saturated heterocycles. The molecule has 0 spiro atoms. The standard InChI is InChI=1S/C12H17F3INS/c1-2-6-17-10(4-3-5-12(13,14)15)9-7-11(16)18-8-9/h7-8,10,17H,2-6H2,1H3. The number of thiophene rings is 1. The van der Waals surface area contributed by atoms with Gasteiger partial charge in [0, 0.05) is 12.5 Å². The third kappa shape index (κ3) is 6.38. The molecular formula is C12H17F3INS. The molecule has 0 aliphatic heterocycles. The van der Waals surface area contributed by atoms with Crippen LogP contribution in [0, 0.1) is 2.88 Å². The average molecular weight is 391 g/mol. The Morgan fingerprint density at radius 1 is 1.44 bits per heavy atom. The van der Waals surface area contributed by atoms with Crippen LogP contribution in [0.15, 0.2) is 11.4 Å². The highest BCUT2D eigenvalue weighted by Crippen LogP contribution is 2.29. The van der Waals surface area contributed by atoms with Crippen LogP contribution in [-0.4, -0.2) is 12.7 Å². The summed E-state index contributed by atoms with van der Waals surface area (Å²) in [7, 11) is 0. The Kier molecular flexibility index (Phi) is 6.94. The van der Waals surface area contributed by atoms with E-state index in [0.29, 0.717) is 6.42 Å². The molecule has 1 heterocycles. The summed E-state index contributed by atoms with van der Waals surface area (Å²) >= 11 is 3.86. The largest absolute Gasteiger partial charge is 0.389 e. The molecule has 0 fully saturated rings. The van der Waals surface area contributed by atoms with Crippen LogP contribution in [-0.2, 0) is 0 Å². The Balaban J connectivity index is 2.51. The van der Waals surface area contributed by atoms with Gasteiger partial charge >= 0.3 is 6.18 Å². The van der Waals surface area contributed by atoms with Crippen molar-refractivity contribution < 1.29 is 13.2 Å². The minimum atomic E-state index is -4.04. The van der Waals surface area contributed by atoms with E-state index in [4.69, 9.17) is 0 Å². The van der Waals surface area contributed by atoms with E-state index in [1.807, 2.05) is 11.4 Å². The second-order valence-corrected chi connectivity index (χ2v) is 7.00. The van der Waals surface area contributed by atoms with Crippen molar-refractivity contribution in [1.82, 2.24) is 5.32 Å². The van der Waals surface area contributed by atoms with Gasteiger partial charge in [-0.3, -0.25) is 0 Å². The van der Waals surface area contributed by atoms with Crippen LogP contribution in [0.2, 0.25) is 0 Å². The molecule has 1 atom stereocenters. The van der Waals surface area contributed by atoms with Crippen LogP contribution >= 0.6 is 33.9 Å². The van der Waals surface area contributed by atoms with E-state index in [1.165, 1.54) is 2.88 Å². The van der Waals surface area contributed by atoms with Crippen LogP contribution in [0.4, 0.5) is 13.2 Å². The van der Waals surface area contributed by atoms with E-state index < -0.39 is 12.6 Å². The summed E-state index contributed by atoms with van der Waals surface area (Å²) < 4.78 is 37.6. The summed E-state index contributed by atoms with van der Waals surface area (Å²) in [6.07, 6.45) is -3.04. The van der Waals surface area contributed by atoms with Gasteiger partial charge in [0.2, 0.25) is 0 Å². The monoisotopic (exact) mass is 391 g/mol. The molecule has 0 aromatic carbocycles. The highest BCUT2D eigenvalue weighted by atomic mass is 127. The van der Waals surface area contributed by atoms with Crippen LogP contribution < -0.4 is 5.32 Å². The predicted molar refractivity (Wildman–Crippen MR) is 78.0 cm³/mol. The highest BCUT2D eigenvalue weighted by Gasteiger charge is 2.27. The van der Waals surface area contributed by atoms with Gasteiger partial charge in [-0.05, 0) is 65.4 Å². The minimum absolute atomic E-state index is 0.0482. The molecule has 18 heavy (non-hydrogen) atoms. The molecule has 1 aromatic heterocycles. The first-order chi connectivity index (χ1) is 8.42. The van der Waals surface area contributed by atoms with Crippen LogP contribution in [0.25, 0.3) is 0 Å². The van der Waals surface area contributed by atoms with Crippen molar-refractivity contribution in [2.24, 2.45) is 0 Å². The molecule has 1 N–H and O–H groups in total. The molecule has 0 radical (unpaired) electrons. The van der Waals surface area contributed by atoms with Gasteiger partial charge in [-0.25, -0.2) is 0 Å². The molecule has 0 aliphatic rings. The Labute approximate surface area is 123 Å². The molecule has 0 aliphatic carbocycles. The second-order valence-electron chi connectivity index (χ2n) is 4.20. The summed E-state index contributed by atoms with van der Waals surface area (Å²) in [5, 5.41) is 5.35. The number of hydrogen-bond donors (Lipinski definition) is 1. The van der Waals surface area contributed by atoms with Gasteiger partial charge < -0.3 is 5.32 Å².